The first-order valence-corrected chi connectivity index (χ1v) is 9.51. The normalized spacial score (nSPS) is 17.3. The molecular weight excluding hydrogens is 340 g/mol. The van der Waals surface area contributed by atoms with Crippen molar-refractivity contribution in [3.8, 4) is 0 Å². The van der Waals surface area contributed by atoms with Gasteiger partial charge in [-0.25, -0.2) is 12.7 Å². The summed E-state index contributed by atoms with van der Waals surface area (Å²) in [5.74, 6) is -1.01. The molecule has 1 N–H and O–H groups in total. The lowest BCUT2D eigenvalue weighted by Gasteiger charge is -2.17. The number of benzene rings is 2. The predicted molar refractivity (Wildman–Crippen MR) is 94.7 cm³/mol. The molecule has 1 heterocycles. The van der Waals surface area contributed by atoms with Crippen LogP contribution in [0.4, 0.5) is 5.69 Å². The fourth-order valence-corrected chi connectivity index (χ4v) is 4.20. The van der Waals surface area contributed by atoms with Gasteiger partial charge in [-0.15, -0.1) is 0 Å². The molecule has 1 fully saturated rings. The highest BCUT2D eigenvalue weighted by atomic mass is 32.2. The Labute approximate surface area is 146 Å². The summed E-state index contributed by atoms with van der Waals surface area (Å²) in [5, 5.41) is 2.87. The van der Waals surface area contributed by atoms with E-state index < -0.39 is 15.9 Å². The van der Waals surface area contributed by atoms with Gasteiger partial charge in [0.2, 0.25) is 15.9 Å². The summed E-state index contributed by atoms with van der Waals surface area (Å²) in [6, 6.07) is 15.4. The number of rotatable bonds is 4. The lowest BCUT2D eigenvalue weighted by Crippen LogP contribution is -2.30. The lowest BCUT2D eigenvalue weighted by molar-refractivity contribution is -0.116. The van der Waals surface area contributed by atoms with E-state index in [4.69, 9.17) is 0 Å². The third-order valence-electron chi connectivity index (χ3n) is 4.07. The van der Waals surface area contributed by atoms with Crippen LogP contribution >= 0.6 is 0 Å². The Kier molecular flexibility index (Phi) is 4.59. The topological polar surface area (TPSA) is 83.6 Å². The van der Waals surface area contributed by atoms with Gasteiger partial charge in [-0.2, -0.15) is 0 Å². The SMILES string of the molecule is CC(NC(=O)c1cccc(N2C(=O)CCS2(=O)=O)c1)c1ccccc1. The van der Waals surface area contributed by atoms with Crippen LogP contribution in [0.3, 0.4) is 0 Å². The summed E-state index contributed by atoms with van der Waals surface area (Å²) in [4.78, 5) is 24.4. The number of carbonyl (C=O) groups excluding carboxylic acids is 2. The molecule has 0 saturated carbocycles. The van der Waals surface area contributed by atoms with Crippen molar-refractivity contribution >= 4 is 27.5 Å². The first kappa shape index (κ1) is 17.2. The fourth-order valence-electron chi connectivity index (χ4n) is 2.75. The van der Waals surface area contributed by atoms with E-state index >= 15 is 0 Å². The van der Waals surface area contributed by atoms with Crippen LogP contribution in [0.25, 0.3) is 0 Å². The zero-order chi connectivity index (χ0) is 18.0. The minimum Gasteiger partial charge on any atom is -0.346 e. The molecule has 25 heavy (non-hydrogen) atoms. The average molecular weight is 358 g/mol. The van der Waals surface area contributed by atoms with Gasteiger partial charge in [0, 0.05) is 12.0 Å². The largest absolute Gasteiger partial charge is 0.346 e. The van der Waals surface area contributed by atoms with Crippen molar-refractivity contribution in [2.75, 3.05) is 10.1 Å². The summed E-state index contributed by atoms with van der Waals surface area (Å²) < 4.78 is 24.8. The van der Waals surface area contributed by atoms with Gasteiger partial charge in [-0.1, -0.05) is 36.4 Å². The predicted octanol–water partition coefficient (Wildman–Crippen LogP) is 2.24. The van der Waals surface area contributed by atoms with Crippen molar-refractivity contribution in [3.63, 3.8) is 0 Å². The van der Waals surface area contributed by atoms with Gasteiger partial charge < -0.3 is 5.32 Å². The molecule has 0 aliphatic carbocycles. The summed E-state index contributed by atoms with van der Waals surface area (Å²) in [6.07, 6.45) is -0.0379. The van der Waals surface area contributed by atoms with E-state index in [2.05, 4.69) is 5.32 Å². The molecule has 130 valence electrons. The fraction of sp³-hybridized carbons (Fsp3) is 0.222. The van der Waals surface area contributed by atoms with Gasteiger partial charge in [-0.3, -0.25) is 9.59 Å². The number of hydrogen-bond acceptors (Lipinski definition) is 4. The van der Waals surface area contributed by atoms with E-state index in [1.165, 1.54) is 12.1 Å². The molecule has 1 unspecified atom stereocenters. The molecule has 0 aromatic heterocycles. The minimum atomic E-state index is -3.65. The maximum atomic E-state index is 12.5. The van der Waals surface area contributed by atoms with Gasteiger partial charge in [0.25, 0.3) is 5.91 Å². The molecule has 7 heteroatoms. The highest BCUT2D eigenvalue weighted by molar-refractivity contribution is 7.94. The van der Waals surface area contributed by atoms with E-state index in [0.29, 0.717) is 5.56 Å². The van der Waals surface area contributed by atoms with Crippen molar-refractivity contribution in [1.29, 1.82) is 0 Å². The van der Waals surface area contributed by atoms with Crippen molar-refractivity contribution in [1.82, 2.24) is 5.32 Å². The van der Waals surface area contributed by atoms with Crippen molar-refractivity contribution < 1.29 is 18.0 Å². The van der Waals surface area contributed by atoms with E-state index in [0.717, 1.165) is 9.87 Å². The molecule has 3 rings (SSSR count). The number of hydrogen-bond donors (Lipinski definition) is 1. The Morgan fingerprint density at radius 2 is 1.84 bits per heavy atom. The number of anilines is 1. The maximum absolute atomic E-state index is 12.5. The maximum Gasteiger partial charge on any atom is 0.251 e. The van der Waals surface area contributed by atoms with Crippen LogP contribution in [-0.4, -0.2) is 26.0 Å². The van der Waals surface area contributed by atoms with Gasteiger partial charge in [-0.05, 0) is 30.7 Å². The summed E-state index contributed by atoms with van der Waals surface area (Å²) in [6.45, 7) is 1.87. The van der Waals surface area contributed by atoms with Crippen LogP contribution in [0.1, 0.15) is 35.3 Å². The molecule has 1 atom stereocenters. The first-order chi connectivity index (χ1) is 11.9. The Hall–Kier alpha value is -2.67. The van der Waals surface area contributed by atoms with Crippen LogP contribution in [0.2, 0.25) is 0 Å². The van der Waals surface area contributed by atoms with Crippen LogP contribution in [0, 0.1) is 0 Å². The molecule has 0 spiro atoms. The highest BCUT2D eigenvalue weighted by Gasteiger charge is 2.36. The Balaban J connectivity index is 1.82. The second-order valence-corrected chi connectivity index (χ2v) is 7.82. The van der Waals surface area contributed by atoms with Crippen LogP contribution < -0.4 is 9.62 Å². The van der Waals surface area contributed by atoms with Gasteiger partial charge in [0.1, 0.15) is 0 Å². The zero-order valence-corrected chi connectivity index (χ0v) is 14.5. The third kappa shape index (κ3) is 3.56. The quantitative estimate of drug-likeness (QED) is 0.908. The summed E-state index contributed by atoms with van der Waals surface area (Å²) >= 11 is 0. The average Bonchev–Trinajstić information content (AvgIpc) is 2.88. The Bertz CT molecular complexity index is 910. The molecule has 2 amide bonds. The van der Waals surface area contributed by atoms with Crippen LogP contribution in [0.15, 0.2) is 54.6 Å². The second kappa shape index (κ2) is 6.68. The number of sulfonamides is 1. The monoisotopic (exact) mass is 358 g/mol. The summed E-state index contributed by atoms with van der Waals surface area (Å²) in [5.41, 5.74) is 1.46. The minimum absolute atomic E-state index is 0.0379. The molecule has 0 bridgehead atoms. The standard InChI is InChI=1S/C18H18N2O4S/c1-13(14-6-3-2-4-7-14)19-18(22)15-8-5-9-16(12-15)20-17(21)10-11-25(20,23)24/h2-9,12-13H,10-11H2,1H3,(H,19,22). The molecule has 1 aliphatic heterocycles. The molecule has 0 radical (unpaired) electrons. The smallest absolute Gasteiger partial charge is 0.251 e. The number of amides is 2. The second-order valence-electron chi connectivity index (χ2n) is 5.88. The van der Waals surface area contributed by atoms with Gasteiger partial charge in [0.15, 0.2) is 0 Å². The molecular formula is C18H18N2O4S. The molecule has 1 aliphatic rings. The van der Waals surface area contributed by atoms with E-state index in [1.54, 1.807) is 12.1 Å². The Morgan fingerprint density at radius 3 is 2.48 bits per heavy atom. The van der Waals surface area contributed by atoms with E-state index in [1.807, 2.05) is 37.3 Å². The Morgan fingerprint density at radius 1 is 1.12 bits per heavy atom. The highest BCUT2D eigenvalue weighted by Crippen LogP contribution is 2.26. The van der Waals surface area contributed by atoms with Crippen LogP contribution in [-0.2, 0) is 14.8 Å². The van der Waals surface area contributed by atoms with E-state index in [-0.39, 0.29) is 29.8 Å². The molecule has 1 saturated heterocycles. The first-order valence-electron chi connectivity index (χ1n) is 7.90. The zero-order valence-electron chi connectivity index (χ0n) is 13.7. The van der Waals surface area contributed by atoms with Crippen molar-refractivity contribution in [2.45, 2.75) is 19.4 Å². The van der Waals surface area contributed by atoms with Crippen LogP contribution in [0.5, 0.6) is 0 Å². The number of nitrogens with zero attached hydrogens (tertiary/aromatic N) is 1. The summed E-state index contributed by atoms with van der Waals surface area (Å²) in [7, 11) is -3.65. The third-order valence-corrected chi connectivity index (χ3v) is 5.76. The lowest BCUT2D eigenvalue weighted by atomic mass is 10.1. The number of carbonyl (C=O) groups is 2. The van der Waals surface area contributed by atoms with Crippen molar-refractivity contribution in [3.05, 3.63) is 65.7 Å². The molecule has 2 aromatic rings. The van der Waals surface area contributed by atoms with Gasteiger partial charge >= 0.3 is 0 Å². The van der Waals surface area contributed by atoms with E-state index in [9.17, 15) is 18.0 Å². The van der Waals surface area contributed by atoms with Crippen molar-refractivity contribution in [2.24, 2.45) is 0 Å². The molecule has 6 nitrogen and oxygen atoms in total. The molecule has 2 aromatic carbocycles. The number of nitrogens with one attached hydrogen (secondary N) is 1. The van der Waals surface area contributed by atoms with Gasteiger partial charge in [0.05, 0.1) is 17.5 Å².